The van der Waals surface area contributed by atoms with E-state index in [4.69, 9.17) is 5.73 Å². The van der Waals surface area contributed by atoms with Gasteiger partial charge in [0.2, 0.25) is 0 Å². The molecule has 1 aromatic rings. The van der Waals surface area contributed by atoms with Crippen molar-refractivity contribution in [2.45, 2.75) is 18.9 Å². The Morgan fingerprint density at radius 1 is 1.29 bits per heavy atom. The fraction of sp³-hybridized carbons (Fsp3) is 0.500. The molecule has 17 heavy (non-hydrogen) atoms. The number of hydrogen-bond acceptors (Lipinski definition) is 4. The molecule has 1 aliphatic heterocycles. The predicted molar refractivity (Wildman–Crippen MR) is 65.7 cm³/mol. The van der Waals surface area contributed by atoms with Crippen LogP contribution in [-0.2, 0) is 0 Å². The lowest BCUT2D eigenvalue weighted by atomic mass is 10.1. The van der Waals surface area contributed by atoms with Crippen LogP contribution in [-0.4, -0.2) is 29.5 Å². The Hall–Kier alpha value is -1.46. The molecule has 5 heteroatoms. The summed E-state index contributed by atoms with van der Waals surface area (Å²) in [6.07, 6.45) is 2.42. The van der Waals surface area contributed by atoms with Crippen molar-refractivity contribution in [3.8, 4) is 0 Å². The van der Waals surface area contributed by atoms with Gasteiger partial charge >= 0.3 is 0 Å². The zero-order valence-electron chi connectivity index (χ0n) is 9.71. The number of hydrogen-bond donors (Lipinski definition) is 1. The molecule has 1 atom stereocenters. The molecule has 2 N–H and O–H groups in total. The lowest BCUT2D eigenvalue weighted by molar-refractivity contribution is -0.384. The Morgan fingerprint density at radius 3 is 2.35 bits per heavy atom. The molecule has 1 aromatic carbocycles. The minimum atomic E-state index is -0.378. The van der Waals surface area contributed by atoms with Crippen LogP contribution in [0.4, 0.5) is 5.69 Å². The first kappa shape index (κ1) is 12.0. The van der Waals surface area contributed by atoms with Gasteiger partial charge in [0.05, 0.1) is 4.92 Å². The molecule has 1 fully saturated rings. The Labute approximate surface area is 100 Å². The Balaban J connectivity index is 2.16. The molecule has 0 amide bonds. The van der Waals surface area contributed by atoms with Crippen molar-refractivity contribution in [3.63, 3.8) is 0 Å². The summed E-state index contributed by atoms with van der Waals surface area (Å²) in [5.74, 6) is 0. The molecular formula is C12H17N3O2. The maximum atomic E-state index is 10.6. The second-order valence-electron chi connectivity index (χ2n) is 4.34. The number of likely N-dealkylation sites (tertiary alicyclic amines) is 1. The number of rotatable bonds is 4. The SMILES string of the molecule is NCC(c1ccc([N+](=O)[O-])cc1)N1CCCC1. The van der Waals surface area contributed by atoms with Gasteiger partial charge in [0, 0.05) is 24.7 Å². The summed E-state index contributed by atoms with van der Waals surface area (Å²) in [6.45, 7) is 2.69. The van der Waals surface area contributed by atoms with Crippen LogP contribution in [0.3, 0.4) is 0 Å². The van der Waals surface area contributed by atoms with Crippen LogP contribution in [0.2, 0.25) is 0 Å². The summed E-state index contributed by atoms with van der Waals surface area (Å²) < 4.78 is 0. The molecule has 1 saturated heterocycles. The number of nitro benzene ring substituents is 1. The summed E-state index contributed by atoms with van der Waals surface area (Å²) in [4.78, 5) is 12.5. The summed E-state index contributed by atoms with van der Waals surface area (Å²) >= 11 is 0. The Morgan fingerprint density at radius 2 is 1.88 bits per heavy atom. The molecular weight excluding hydrogens is 218 g/mol. The third-order valence-electron chi connectivity index (χ3n) is 3.29. The number of nitro groups is 1. The Bertz CT molecular complexity index is 385. The number of non-ortho nitro benzene ring substituents is 1. The van der Waals surface area contributed by atoms with Gasteiger partial charge < -0.3 is 5.73 Å². The smallest absolute Gasteiger partial charge is 0.269 e. The first-order valence-corrected chi connectivity index (χ1v) is 5.91. The molecule has 0 aliphatic carbocycles. The van der Waals surface area contributed by atoms with Gasteiger partial charge in [-0.2, -0.15) is 0 Å². The van der Waals surface area contributed by atoms with Crippen LogP contribution in [0.25, 0.3) is 0 Å². The van der Waals surface area contributed by atoms with Crippen LogP contribution in [0.5, 0.6) is 0 Å². The zero-order chi connectivity index (χ0) is 12.3. The highest BCUT2D eigenvalue weighted by Crippen LogP contribution is 2.25. The average molecular weight is 235 g/mol. The average Bonchev–Trinajstić information content (AvgIpc) is 2.84. The predicted octanol–water partition coefficient (Wildman–Crippen LogP) is 1.69. The highest BCUT2D eigenvalue weighted by atomic mass is 16.6. The normalized spacial score (nSPS) is 18.2. The summed E-state index contributed by atoms with van der Waals surface area (Å²) in [5, 5.41) is 10.6. The van der Waals surface area contributed by atoms with Gasteiger partial charge in [0.25, 0.3) is 5.69 Å². The van der Waals surface area contributed by atoms with E-state index in [0.717, 1.165) is 18.7 Å². The fourth-order valence-electron chi connectivity index (χ4n) is 2.37. The van der Waals surface area contributed by atoms with Gasteiger partial charge in [-0.3, -0.25) is 15.0 Å². The summed E-state index contributed by atoms with van der Waals surface area (Å²) in [6, 6.07) is 6.92. The second-order valence-corrected chi connectivity index (χ2v) is 4.34. The molecule has 1 unspecified atom stereocenters. The van der Waals surface area contributed by atoms with E-state index in [2.05, 4.69) is 4.90 Å². The van der Waals surface area contributed by atoms with E-state index in [1.165, 1.54) is 12.8 Å². The van der Waals surface area contributed by atoms with Crippen molar-refractivity contribution < 1.29 is 4.92 Å². The lowest BCUT2D eigenvalue weighted by Crippen LogP contribution is -2.31. The summed E-state index contributed by atoms with van der Waals surface area (Å²) in [7, 11) is 0. The minimum Gasteiger partial charge on any atom is -0.329 e. The van der Waals surface area contributed by atoms with Crippen molar-refractivity contribution in [2.75, 3.05) is 19.6 Å². The van der Waals surface area contributed by atoms with E-state index in [9.17, 15) is 10.1 Å². The van der Waals surface area contributed by atoms with Gasteiger partial charge in [0.15, 0.2) is 0 Å². The van der Waals surface area contributed by atoms with Crippen LogP contribution in [0, 0.1) is 10.1 Å². The van der Waals surface area contributed by atoms with Crippen molar-refractivity contribution in [3.05, 3.63) is 39.9 Å². The highest BCUT2D eigenvalue weighted by molar-refractivity contribution is 5.34. The topological polar surface area (TPSA) is 72.4 Å². The van der Waals surface area contributed by atoms with Crippen LogP contribution in [0.15, 0.2) is 24.3 Å². The number of nitrogens with zero attached hydrogens (tertiary/aromatic N) is 2. The molecule has 1 heterocycles. The fourth-order valence-corrected chi connectivity index (χ4v) is 2.37. The maximum Gasteiger partial charge on any atom is 0.269 e. The molecule has 5 nitrogen and oxygen atoms in total. The van der Waals surface area contributed by atoms with Gasteiger partial charge in [-0.05, 0) is 31.5 Å². The second kappa shape index (κ2) is 5.25. The van der Waals surface area contributed by atoms with Gasteiger partial charge in [-0.25, -0.2) is 0 Å². The van der Waals surface area contributed by atoms with E-state index in [1.807, 2.05) is 12.1 Å². The third-order valence-corrected chi connectivity index (χ3v) is 3.29. The largest absolute Gasteiger partial charge is 0.329 e. The van der Waals surface area contributed by atoms with E-state index in [-0.39, 0.29) is 16.7 Å². The summed E-state index contributed by atoms with van der Waals surface area (Å²) in [5.41, 5.74) is 7.01. The van der Waals surface area contributed by atoms with Gasteiger partial charge in [-0.15, -0.1) is 0 Å². The van der Waals surface area contributed by atoms with Crippen molar-refractivity contribution in [2.24, 2.45) is 5.73 Å². The van der Waals surface area contributed by atoms with Crippen LogP contribution < -0.4 is 5.73 Å². The van der Waals surface area contributed by atoms with E-state index < -0.39 is 0 Å². The molecule has 0 saturated carbocycles. The first-order chi connectivity index (χ1) is 8.22. The quantitative estimate of drug-likeness (QED) is 0.636. The maximum absolute atomic E-state index is 10.6. The highest BCUT2D eigenvalue weighted by Gasteiger charge is 2.22. The van der Waals surface area contributed by atoms with E-state index >= 15 is 0 Å². The minimum absolute atomic E-state index is 0.131. The standard InChI is InChI=1S/C12H17N3O2/c13-9-12(14-7-1-2-8-14)10-3-5-11(6-4-10)15(16)17/h3-6,12H,1-2,7-9,13H2. The molecule has 0 spiro atoms. The van der Waals surface area contributed by atoms with Crippen LogP contribution in [0.1, 0.15) is 24.4 Å². The number of nitrogens with two attached hydrogens (primary N) is 1. The first-order valence-electron chi connectivity index (χ1n) is 5.91. The van der Waals surface area contributed by atoms with Crippen molar-refractivity contribution in [1.82, 2.24) is 4.90 Å². The van der Waals surface area contributed by atoms with Crippen molar-refractivity contribution in [1.29, 1.82) is 0 Å². The Kier molecular flexibility index (Phi) is 3.71. The van der Waals surface area contributed by atoms with E-state index in [0.29, 0.717) is 6.54 Å². The molecule has 0 bridgehead atoms. The van der Waals surface area contributed by atoms with Crippen LogP contribution >= 0.6 is 0 Å². The third kappa shape index (κ3) is 2.62. The molecule has 2 rings (SSSR count). The molecule has 92 valence electrons. The van der Waals surface area contributed by atoms with Gasteiger partial charge in [-0.1, -0.05) is 12.1 Å². The monoisotopic (exact) mass is 235 g/mol. The molecule has 1 aliphatic rings. The lowest BCUT2D eigenvalue weighted by Gasteiger charge is -2.26. The van der Waals surface area contributed by atoms with Gasteiger partial charge in [0.1, 0.15) is 0 Å². The molecule has 0 radical (unpaired) electrons. The van der Waals surface area contributed by atoms with Crippen molar-refractivity contribution >= 4 is 5.69 Å². The zero-order valence-corrected chi connectivity index (χ0v) is 9.71. The molecule has 0 aromatic heterocycles. The number of benzene rings is 1. The van der Waals surface area contributed by atoms with E-state index in [1.54, 1.807) is 12.1 Å².